The summed E-state index contributed by atoms with van der Waals surface area (Å²) in [6.45, 7) is 3.21. The van der Waals surface area contributed by atoms with Crippen LogP contribution in [0.1, 0.15) is 67.2 Å². The van der Waals surface area contributed by atoms with Gasteiger partial charge in [0, 0.05) is 54.6 Å². The molecule has 1 fully saturated rings. The molecule has 3 aromatic heterocycles. The number of anilines is 2. The van der Waals surface area contributed by atoms with E-state index in [4.69, 9.17) is 37.7 Å². The van der Waals surface area contributed by atoms with Gasteiger partial charge in [-0.15, -0.1) is 5.10 Å². The average Bonchev–Trinajstić information content (AvgIpc) is 4.10. The van der Waals surface area contributed by atoms with Crippen molar-refractivity contribution >= 4 is 34.3 Å². The molecule has 4 heterocycles. The minimum Gasteiger partial charge on any atom is -0.383 e. The number of hydrogen-bond acceptors (Lipinski definition) is 7. The summed E-state index contributed by atoms with van der Waals surface area (Å²) in [5.74, 6) is 0.380. The SMILES string of the molecule is Nc1nc2c(nnn2C(c2ccccc2)(c2ccccc2)c2ccccc2)c(Cc2cnn(Cc3cccc(N4CCNC(c5cccc(Cl)c5)C4)c3)c2)c1C(c1ccccc1)(c1ccccc1)c1ccccc1. The summed E-state index contributed by atoms with van der Waals surface area (Å²) in [5.41, 5.74) is 19.5. The van der Waals surface area contributed by atoms with Gasteiger partial charge in [-0.25, -0.2) is 9.67 Å². The molecule has 1 aliphatic heterocycles. The fourth-order valence-electron chi connectivity index (χ4n) is 11.5. The highest BCUT2D eigenvalue weighted by atomic mass is 35.5. The van der Waals surface area contributed by atoms with Gasteiger partial charge in [0.25, 0.3) is 0 Å². The molecule has 8 aromatic carbocycles. The molecule has 0 spiro atoms. The van der Waals surface area contributed by atoms with E-state index in [9.17, 15) is 0 Å². The van der Waals surface area contributed by atoms with E-state index in [0.717, 1.165) is 80.3 Å². The lowest BCUT2D eigenvalue weighted by atomic mass is 9.63. The Labute approximate surface area is 436 Å². The third-order valence-corrected chi connectivity index (χ3v) is 15.0. The standard InChI is InChI=1S/C64H54ClN9/c65-55-35-20-22-48(41-55)58-45-72(38-37-67-58)56-36-19-21-46(39-56)43-73-44-47(42-68-73)40-57-59(63(49-23-7-1-8-24-49,50-25-9-2-10-26-50)51-27-11-3-12-28-51)61(66)69-62-60(57)70-71-74(62)64(52-29-13-4-14-30-52,53-31-15-5-16-32-53)54-33-17-6-18-34-54/h1-36,39,41-42,44,58,67H,37-38,40,43,45H2,(H2,66,69). The molecule has 10 heteroatoms. The second kappa shape index (κ2) is 20.1. The van der Waals surface area contributed by atoms with Gasteiger partial charge in [0.2, 0.25) is 0 Å². The number of nitrogens with one attached hydrogen (secondary N) is 1. The molecule has 11 aromatic rings. The van der Waals surface area contributed by atoms with E-state index in [1.54, 1.807) is 0 Å². The topological polar surface area (TPSA) is 103 Å². The van der Waals surface area contributed by atoms with Gasteiger partial charge in [-0.2, -0.15) is 5.10 Å². The van der Waals surface area contributed by atoms with Gasteiger partial charge in [-0.1, -0.05) is 223 Å². The number of aromatic nitrogens is 6. The van der Waals surface area contributed by atoms with Crippen LogP contribution in [0.3, 0.4) is 0 Å². The second-order valence-corrected chi connectivity index (χ2v) is 19.5. The van der Waals surface area contributed by atoms with Crippen molar-refractivity contribution in [2.75, 3.05) is 30.3 Å². The molecule has 0 amide bonds. The highest BCUT2D eigenvalue weighted by Gasteiger charge is 2.46. The van der Waals surface area contributed by atoms with Crippen LogP contribution in [0.4, 0.5) is 11.5 Å². The number of nitrogens with zero attached hydrogens (tertiary/aromatic N) is 7. The van der Waals surface area contributed by atoms with Gasteiger partial charge >= 0.3 is 0 Å². The third kappa shape index (κ3) is 8.39. The van der Waals surface area contributed by atoms with E-state index in [1.807, 2.05) is 45.9 Å². The van der Waals surface area contributed by atoms with Crippen molar-refractivity contribution in [2.24, 2.45) is 0 Å². The highest BCUT2D eigenvalue weighted by Crippen LogP contribution is 2.50. The zero-order chi connectivity index (χ0) is 49.9. The zero-order valence-corrected chi connectivity index (χ0v) is 41.5. The Morgan fingerprint density at radius 1 is 0.595 bits per heavy atom. The van der Waals surface area contributed by atoms with Crippen LogP contribution in [0.5, 0.6) is 0 Å². The van der Waals surface area contributed by atoms with Gasteiger partial charge in [0.05, 0.1) is 18.2 Å². The van der Waals surface area contributed by atoms with Crippen molar-refractivity contribution in [2.45, 2.75) is 30.0 Å². The molecule has 0 saturated carbocycles. The fraction of sp³-hybridized carbons (Fsp3) is 0.125. The Kier molecular flexibility index (Phi) is 12.6. The number of nitrogen functional groups attached to an aromatic ring is 1. The molecule has 12 rings (SSSR count). The number of halogens is 1. The van der Waals surface area contributed by atoms with Crippen molar-refractivity contribution in [1.82, 2.24) is 35.1 Å². The maximum atomic E-state index is 7.74. The maximum Gasteiger partial charge on any atom is 0.182 e. The molecule has 362 valence electrons. The largest absolute Gasteiger partial charge is 0.383 e. The predicted octanol–water partition coefficient (Wildman–Crippen LogP) is 12.3. The number of hydrogen-bond donors (Lipinski definition) is 2. The van der Waals surface area contributed by atoms with Crippen LogP contribution >= 0.6 is 11.6 Å². The molecule has 1 saturated heterocycles. The Morgan fingerprint density at radius 3 is 1.69 bits per heavy atom. The minimum atomic E-state index is -0.994. The van der Waals surface area contributed by atoms with Crippen LogP contribution in [0.2, 0.25) is 5.02 Å². The lowest BCUT2D eigenvalue weighted by molar-refractivity contribution is 0.458. The molecule has 0 bridgehead atoms. The molecule has 0 aliphatic carbocycles. The smallest absolute Gasteiger partial charge is 0.182 e. The minimum absolute atomic E-state index is 0.177. The summed E-state index contributed by atoms with van der Waals surface area (Å²) in [4.78, 5) is 7.99. The van der Waals surface area contributed by atoms with E-state index >= 15 is 0 Å². The van der Waals surface area contributed by atoms with Gasteiger partial charge in [-0.3, -0.25) is 4.68 Å². The van der Waals surface area contributed by atoms with Crippen LogP contribution in [-0.4, -0.2) is 49.4 Å². The Hall–Kier alpha value is -8.63. The average molecular weight is 985 g/mol. The molecule has 9 nitrogen and oxygen atoms in total. The van der Waals surface area contributed by atoms with Crippen LogP contribution in [0.25, 0.3) is 11.2 Å². The highest BCUT2D eigenvalue weighted by molar-refractivity contribution is 6.30. The van der Waals surface area contributed by atoms with Crippen molar-refractivity contribution in [3.8, 4) is 0 Å². The first-order valence-electron chi connectivity index (χ1n) is 25.2. The van der Waals surface area contributed by atoms with Crippen LogP contribution in [-0.2, 0) is 23.9 Å². The number of benzene rings is 8. The molecule has 1 atom stereocenters. The molecule has 1 unspecified atom stereocenters. The van der Waals surface area contributed by atoms with Crippen molar-refractivity contribution in [3.63, 3.8) is 0 Å². The molecule has 1 aliphatic rings. The first-order chi connectivity index (χ1) is 36.5. The molecule has 74 heavy (non-hydrogen) atoms. The third-order valence-electron chi connectivity index (χ3n) is 14.7. The number of rotatable bonds is 14. The summed E-state index contributed by atoms with van der Waals surface area (Å²) < 4.78 is 4.02. The van der Waals surface area contributed by atoms with Gasteiger partial charge in [0.15, 0.2) is 5.65 Å². The van der Waals surface area contributed by atoms with Crippen LogP contribution in [0.15, 0.2) is 243 Å². The van der Waals surface area contributed by atoms with E-state index in [-0.39, 0.29) is 6.04 Å². The van der Waals surface area contributed by atoms with Crippen LogP contribution < -0.4 is 16.0 Å². The van der Waals surface area contributed by atoms with Crippen molar-refractivity contribution < 1.29 is 0 Å². The first kappa shape index (κ1) is 46.4. The van der Waals surface area contributed by atoms with E-state index in [0.29, 0.717) is 29.9 Å². The number of nitrogens with two attached hydrogens (primary N) is 1. The van der Waals surface area contributed by atoms with Gasteiger partial charge in [-0.05, 0) is 79.9 Å². The van der Waals surface area contributed by atoms with Gasteiger partial charge in [0.1, 0.15) is 16.9 Å². The first-order valence-corrected chi connectivity index (χ1v) is 25.6. The Bertz CT molecular complexity index is 3470. The second-order valence-electron chi connectivity index (χ2n) is 19.1. The molecular formula is C64H54ClN9. The summed E-state index contributed by atoms with van der Waals surface area (Å²) in [5, 5.41) is 20.0. The fourth-order valence-corrected chi connectivity index (χ4v) is 11.7. The van der Waals surface area contributed by atoms with Crippen molar-refractivity contribution in [3.05, 3.63) is 309 Å². The molecular weight excluding hydrogens is 930 g/mol. The monoisotopic (exact) mass is 983 g/mol. The molecule has 0 radical (unpaired) electrons. The normalized spacial score (nSPS) is 14.1. The lowest BCUT2D eigenvalue weighted by Crippen LogP contribution is -2.45. The van der Waals surface area contributed by atoms with Crippen LogP contribution in [0, 0.1) is 0 Å². The Balaban J connectivity index is 1.03. The number of piperazine rings is 1. The predicted molar refractivity (Wildman–Crippen MR) is 298 cm³/mol. The lowest BCUT2D eigenvalue weighted by Gasteiger charge is -2.39. The summed E-state index contributed by atoms with van der Waals surface area (Å²) in [6, 6.07) is 80.6. The van der Waals surface area contributed by atoms with E-state index < -0.39 is 11.0 Å². The van der Waals surface area contributed by atoms with E-state index in [2.05, 4.69) is 217 Å². The van der Waals surface area contributed by atoms with Crippen molar-refractivity contribution in [1.29, 1.82) is 0 Å². The summed E-state index contributed by atoms with van der Waals surface area (Å²) >= 11 is 6.41. The number of pyridine rings is 1. The quantitative estimate of drug-likeness (QED) is 0.105. The maximum absolute atomic E-state index is 7.74. The zero-order valence-electron chi connectivity index (χ0n) is 40.8. The van der Waals surface area contributed by atoms with E-state index in [1.165, 1.54) is 11.3 Å². The summed E-state index contributed by atoms with van der Waals surface area (Å²) in [6.07, 6.45) is 4.57. The summed E-state index contributed by atoms with van der Waals surface area (Å²) in [7, 11) is 0. The Morgan fingerprint density at radius 2 is 1.14 bits per heavy atom. The molecule has 3 N–H and O–H groups in total. The van der Waals surface area contributed by atoms with Gasteiger partial charge < -0.3 is 16.0 Å². The number of fused-ring (bicyclic) bond motifs is 1.